The zero-order valence-corrected chi connectivity index (χ0v) is 15.6. The molecule has 0 saturated heterocycles. The fourth-order valence-corrected chi connectivity index (χ4v) is 3.47. The van der Waals surface area contributed by atoms with E-state index >= 15 is 0 Å². The van der Waals surface area contributed by atoms with Crippen LogP contribution in [0, 0.1) is 18.6 Å². The minimum Gasteiger partial charge on any atom is -0.351 e. The van der Waals surface area contributed by atoms with Crippen molar-refractivity contribution >= 4 is 17.7 Å². The second kappa shape index (κ2) is 8.81. The van der Waals surface area contributed by atoms with Gasteiger partial charge in [-0.2, -0.15) is 16.9 Å². The molecule has 140 valence electrons. The largest absolute Gasteiger partial charge is 0.351 e. The highest BCUT2D eigenvalue weighted by Crippen LogP contribution is 2.17. The third-order valence-electron chi connectivity index (χ3n) is 4.08. The van der Waals surface area contributed by atoms with Crippen molar-refractivity contribution in [1.82, 2.24) is 15.1 Å². The van der Waals surface area contributed by atoms with Crippen molar-refractivity contribution in [2.45, 2.75) is 12.7 Å². The number of para-hydroxylation sites is 1. The van der Waals surface area contributed by atoms with E-state index in [0.29, 0.717) is 40.6 Å². The number of aromatic nitrogens is 2. The normalized spacial score (nSPS) is 10.8. The van der Waals surface area contributed by atoms with Gasteiger partial charge in [0, 0.05) is 18.1 Å². The molecule has 1 amide bonds. The lowest BCUT2D eigenvalue weighted by Crippen LogP contribution is -2.26. The molecule has 27 heavy (non-hydrogen) atoms. The number of halogens is 2. The smallest absolute Gasteiger partial charge is 0.254 e. The van der Waals surface area contributed by atoms with Gasteiger partial charge in [-0.3, -0.25) is 4.79 Å². The molecule has 0 aliphatic carbocycles. The molecule has 1 heterocycles. The molecule has 0 fully saturated rings. The number of benzene rings is 2. The maximum Gasteiger partial charge on any atom is 0.254 e. The van der Waals surface area contributed by atoms with Crippen LogP contribution in [-0.4, -0.2) is 28.0 Å². The Morgan fingerprint density at radius 2 is 1.81 bits per heavy atom. The third kappa shape index (κ3) is 4.54. The molecule has 3 aromatic rings. The van der Waals surface area contributed by atoms with Crippen molar-refractivity contribution in [3.63, 3.8) is 0 Å². The summed E-state index contributed by atoms with van der Waals surface area (Å²) in [5.41, 5.74) is 1.92. The molecule has 2 aromatic carbocycles. The Morgan fingerprint density at radius 1 is 1.11 bits per heavy atom. The van der Waals surface area contributed by atoms with Gasteiger partial charge in [0.15, 0.2) is 0 Å². The van der Waals surface area contributed by atoms with Crippen molar-refractivity contribution in [2.24, 2.45) is 0 Å². The van der Waals surface area contributed by atoms with Gasteiger partial charge in [-0.15, -0.1) is 0 Å². The van der Waals surface area contributed by atoms with Crippen molar-refractivity contribution < 1.29 is 13.6 Å². The fourth-order valence-electron chi connectivity index (χ4n) is 2.63. The van der Waals surface area contributed by atoms with Gasteiger partial charge in [0.25, 0.3) is 5.91 Å². The van der Waals surface area contributed by atoms with Crippen LogP contribution in [0.5, 0.6) is 0 Å². The zero-order chi connectivity index (χ0) is 19.2. The van der Waals surface area contributed by atoms with Crippen molar-refractivity contribution in [2.75, 3.05) is 12.3 Å². The van der Waals surface area contributed by atoms with E-state index in [0.717, 1.165) is 0 Å². The van der Waals surface area contributed by atoms with Gasteiger partial charge in [-0.25, -0.2) is 13.5 Å². The molecule has 0 saturated carbocycles. The number of amides is 1. The minimum absolute atomic E-state index is 0.217. The van der Waals surface area contributed by atoms with Crippen LogP contribution in [0.3, 0.4) is 0 Å². The van der Waals surface area contributed by atoms with E-state index in [-0.39, 0.29) is 11.7 Å². The third-order valence-corrected chi connectivity index (χ3v) is 5.09. The molecule has 7 heteroatoms. The van der Waals surface area contributed by atoms with E-state index in [2.05, 4.69) is 10.4 Å². The highest BCUT2D eigenvalue weighted by atomic mass is 32.2. The number of rotatable bonds is 7. The topological polar surface area (TPSA) is 46.9 Å². The lowest BCUT2D eigenvalue weighted by Gasteiger charge is -2.07. The minimum atomic E-state index is -0.403. The van der Waals surface area contributed by atoms with Crippen LogP contribution >= 0.6 is 11.8 Å². The highest BCUT2D eigenvalue weighted by molar-refractivity contribution is 7.98. The Bertz CT molecular complexity index is 942. The van der Waals surface area contributed by atoms with E-state index in [9.17, 15) is 13.6 Å². The number of thioether (sulfide) groups is 1. The monoisotopic (exact) mass is 387 g/mol. The van der Waals surface area contributed by atoms with Crippen LogP contribution in [-0.2, 0) is 5.75 Å². The number of carbonyl (C=O) groups excluding carboxylic acids is 1. The van der Waals surface area contributed by atoms with Gasteiger partial charge < -0.3 is 5.32 Å². The van der Waals surface area contributed by atoms with Crippen LogP contribution in [0.15, 0.2) is 54.7 Å². The van der Waals surface area contributed by atoms with Crippen LogP contribution in [0.4, 0.5) is 8.78 Å². The molecule has 0 unspecified atom stereocenters. The number of carbonyl (C=O) groups is 1. The van der Waals surface area contributed by atoms with Crippen molar-refractivity contribution in [3.05, 3.63) is 83.2 Å². The van der Waals surface area contributed by atoms with E-state index in [1.807, 2.05) is 0 Å². The highest BCUT2D eigenvalue weighted by Gasteiger charge is 2.16. The molecule has 0 bridgehead atoms. The van der Waals surface area contributed by atoms with Crippen LogP contribution in [0.25, 0.3) is 5.69 Å². The number of nitrogens with zero attached hydrogens (tertiary/aromatic N) is 2. The lowest BCUT2D eigenvalue weighted by molar-refractivity contribution is 0.0955. The summed E-state index contributed by atoms with van der Waals surface area (Å²) in [5, 5.41) is 6.95. The Morgan fingerprint density at radius 3 is 2.56 bits per heavy atom. The molecular weight excluding hydrogens is 368 g/mol. The van der Waals surface area contributed by atoms with E-state index in [1.165, 1.54) is 23.0 Å². The van der Waals surface area contributed by atoms with Gasteiger partial charge in [0.05, 0.1) is 17.5 Å². The standard InChI is InChI=1S/C20H19F2N3OS/c1-14-16(12-24-25(14)19-9-5-4-8-18(19)22)20(26)23-10-11-27-13-15-6-2-3-7-17(15)21/h2-9,12H,10-11,13H2,1H3,(H,23,26). The first-order valence-corrected chi connectivity index (χ1v) is 9.62. The van der Waals surface area contributed by atoms with Crippen LogP contribution in [0.2, 0.25) is 0 Å². The molecular formula is C20H19F2N3OS. The van der Waals surface area contributed by atoms with Gasteiger partial charge >= 0.3 is 0 Å². The molecule has 0 spiro atoms. The van der Waals surface area contributed by atoms with Gasteiger partial charge in [-0.1, -0.05) is 30.3 Å². The number of nitrogens with one attached hydrogen (secondary N) is 1. The fraction of sp³-hybridized carbons (Fsp3) is 0.200. The van der Waals surface area contributed by atoms with Crippen LogP contribution in [0.1, 0.15) is 21.6 Å². The Labute approximate surface area is 160 Å². The molecule has 1 aromatic heterocycles. The van der Waals surface area contributed by atoms with Crippen LogP contribution < -0.4 is 5.32 Å². The summed E-state index contributed by atoms with van der Waals surface area (Å²) in [6.07, 6.45) is 1.43. The summed E-state index contributed by atoms with van der Waals surface area (Å²) in [7, 11) is 0. The maximum absolute atomic E-state index is 13.9. The quantitative estimate of drug-likeness (QED) is 0.621. The summed E-state index contributed by atoms with van der Waals surface area (Å²) in [6.45, 7) is 2.17. The molecule has 1 N–H and O–H groups in total. The molecule has 0 radical (unpaired) electrons. The summed E-state index contributed by atoms with van der Waals surface area (Å²) in [4.78, 5) is 12.4. The average molecular weight is 387 g/mol. The lowest BCUT2D eigenvalue weighted by atomic mass is 10.2. The van der Waals surface area contributed by atoms with Crippen molar-refractivity contribution in [3.8, 4) is 5.69 Å². The average Bonchev–Trinajstić information content (AvgIpc) is 3.04. The first-order chi connectivity index (χ1) is 13.1. The summed E-state index contributed by atoms with van der Waals surface area (Å²) in [6, 6.07) is 12.9. The predicted octanol–water partition coefficient (Wildman–Crippen LogP) is 4.12. The zero-order valence-electron chi connectivity index (χ0n) is 14.8. The maximum atomic E-state index is 13.9. The first kappa shape index (κ1) is 19.1. The number of hydrogen-bond acceptors (Lipinski definition) is 3. The Kier molecular flexibility index (Phi) is 6.24. The van der Waals surface area contributed by atoms with E-state index in [1.54, 1.807) is 55.1 Å². The van der Waals surface area contributed by atoms with Gasteiger partial charge in [0.1, 0.15) is 17.3 Å². The van der Waals surface area contributed by atoms with Gasteiger partial charge in [-0.05, 0) is 30.7 Å². The Balaban J connectivity index is 1.53. The molecule has 4 nitrogen and oxygen atoms in total. The van der Waals surface area contributed by atoms with E-state index < -0.39 is 5.82 Å². The SMILES string of the molecule is Cc1c(C(=O)NCCSCc2ccccc2F)cnn1-c1ccccc1F. The van der Waals surface area contributed by atoms with E-state index in [4.69, 9.17) is 0 Å². The summed E-state index contributed by atoms with van der Waals surface area (Å²) < 4.78 is 28.9. The Hall–Kier alpha value is -2.67. The molecule has 0 atom stereocenters. The van der Waals surface area contributed by atoms with Gasteiger partial charge in [0.2, 0.25) is 0 Å². The molecule has 0 aliphatic rings. The first-order valence-electron chi connectivity index (χ1n) is 8.47. The molecule has 0 aliphatic heterocycles. The predicted molar refractivity (Wildman–Crippen MR) is 103 cm³/mol. The summed E-state index contributed by atoms with van der Waals surface area (Å²) >= 11 is 1.54. The second-order valence-corrected chi connectivity index (χ2v) is 7.01. The molecule has 3 rings (SSSR count). The summed E-state index contributed by atoms with van der Waals surface area (Å²) in [5.74, 6) is 0.319. The number of hydrogen-bond donors (Lipinski definition) is 1. The van der Waals surface area contributed by atoms with Crippen molar-refractivity contribution in [1.29, 1.82) is 0 Å². The second-order valence-electron chi connectivity index (χ2n) is 5.91.